The highest BCUT2D eigenvalue weighted by Gasteiger charge is 2.15. The molecule has 0 atom stereocenters. The summed E-state index contributed by atoms with van der Waals surface area (Å²) in [6, 6.07) is 0.672. The first kappa shape index (κ1) is 7.58. The Kier molecular flexibility index (Phi) is 2.72. The molecule has 1 saturated carbocycles. The molecule has 0 aromatic heterocycles. The van der Waals surface area contributed by atoms with Gasteiger partial charge in [-0.25, -0.2) is 0 Å². The van der Waals surface area contributed by atoms with E-state index < -0.39 is 0 Å². The zero-order valence-corrected chi connectivity index (χ0v) is 6.71. The number of nitrogens with zero attached hydrogens (tertiary/aromatic N) is 2. The Hall–Kier alpha value is -0.530. The van der Waals surface area contributed by atoms with Gasteiger partial charge in [0.15, 0.2) is 0 Å². The van der Waals surface area contributed by atoms with E-state index in [0.29, 0.717) is 6.04 Å². The van der Waals surface area contributed by atoms with Crippen LogP contribution >= 0.6 is 0 Å². The maximum absolute atomic E-state index is 3.90. The van der Waals surface area contributed by atoms with Gasteiger partial charge in [-0.1, -0.05) is 19.3 Å². The van der Waals surface area contributed by atoms with Crippen LogP contribution < -0.4 is 0 Å². The smallest absolute Gasteiger partial charge is 0.0467 e. The highest BCUT2D eigenvalue weighted by Crippen LogP contribution is 2.21. The topological polar surface area (TPSA) is 15.6 Å². The molecule has 0 radical (unpaired) electrons. The van der Waals surface area contributed by atoms with Crippen LogP contribution in [0.3, 0.4) is 0 Å². The van der Waals surface area contributed by atoms with Crippen LogP contribution in [-0.4, -0.2) is 24.8 Å². The monoisotopic (exact) mass is 140 g/mol. The van der Waals surface area contributed by atoms with Crippen LogP contribution in [-0.2, 0) is 0 Å². The van der Waals surface area contributed by atoms with Gasteiger partial charge in [-0.3, -0.25) is 5.01 Å². The lowest BCUT2D eigenvalue weighted by Gasteiger charge is -2.28. The van der Waals surface area contributed by atoms with Crippen molar-refractivity contribution in [1.29, 1.82) is 0 Å². The molecule has 0 aliphatic heterocycles. The van der Waals surface area contributed by atoms with Gasteiger partial charge in [0, 0.05) is 19.8 Å². The zero-order valence-electron chi connectivity index (χ0n) is 6.71. The molecule has 0 spiro atoms. The molecule has 0 saturated heterocycles. The molecule has 1 rings (SSSR count). The summed E-state index contributed by atoms with van der Waals surface area (Å²) >= 11 is 0. The molecule has 0 amide bonds. The van der Waals surface area contributed by atoms with E-state index >= 15 is 0 Å². The molecule has 0 bridgehead atoms. The summed E-state index contributed by atoms with van der Waals surface area (Å²) in [7, 11) is 2.02. The summed E-state index contributed by atoms with van der Waals surface area (Å²) in [5, 5.41) is 5.89. The van der Waals surface area contributed by atoms with E-state index in [9.17, 15) is 0 Å². The molecule has 1 aliphatic rings. The second kappa shape index (κ2) is 3.59. The first-order chi connectivity index (χ1) is 4.84. The zero-order chi connectivity index (χ0) is 7.40. The molecule has 2 nitrogen and oxygen atoms in total. The molecule has 0 unspecified atom stereocenters. The van der Waals surface area contributed by atoms with Crippen LogP contribution in [0.25, 0.3) is 0 Å². The average Bonchev–Trinajstić information content (AvgIpc) is 2.05. The van der Waals surface area contributed by atoms with Crippen molar-refractivity contribution in [2.45, 2.75) is 38.1 Å². The van der Waals surface area contributed by atoms with Gasteiger partial charge in [0.1, 0.15) is 0 Å². The van der Waals surface area contributed by atoms with Crippen LogP contribution in [0.1, 0.15) is 32.1 Å². The van der Waals surface area contributed by atoms with E-state index in [0.717, 1.165) is 0 Å². The summed E-state index contributed by atoms with van der Waals surface area (Å²) in [5.41, 5.74) is 0. The minimum Gasteiger partial charge on any atom is -0.298 e. The Balaban J connectivity index is 2.30. The third-order valence-electron chi connectivity index (χ3n) is 2.33. The first-order valence-electron chi connectivity index (χ1n) is 4.04. The minimum absolute atomic E-state index is 0.672. The van der Waals surface area contributed by atoms with Crippen molar-refractivity contribution in [1.82, 2.24) is 5.01 Å². The van der Waals surface area contributed by atoms with Gasteiger partial charge >= 0.3 is 0 Å². The lowest BCUT2D eigenvalue weighted by molar-refractivity contribution is 0.201. The van der Waals surface area contributed by atoms with Gasteiger partial charge in [0.25, 0.3) is 0 Å². The number of hydrazone groups is 1. The van der Waals surface area contributed by atoms with Crippen molar-refractivity contribution in [3.63, 3.8) is 0 Å². The average molecular weight is 140 g/mol. The van der Waals surface area contributed by atoms with Gasteiger partial charge in [-0.2, -0.15) is 5.10 Å². The second-order valence-electron chi connectivity index (χ2n) is 3.01. The minimum atomic E-state index is 0.672. The highest BCUT2D eigenvalue weighted by molar-refractivity contribution is 5.22. The molecule has 1 fully saturated rings. The fourth-order valence-electron chi connectivity index (χ4n) is 1.57. The quantitative estimate of drug-likeness (QED) is 0.422. The Morgan fingerprint density at radius 3 is 2.40 bits per heavy atom. The van der Waals surface area contributed by atoms with E-state index in [1.165, 1.54) is 32.1 Å². The van der Waals surface area contributed by atoms with Gasteiger partial charge < -0.3 is 0 Å². The molecule has 1 aliphatic carbocycles. The van der Waals surface area contributed by atoms with Gasteiger partial charge in [0.05, 0.1) is 0 Å². The van der Waals surface area contributed by atoms with E-state index in [1.54, 1.807) is 0 Å². The van der Waals surface area contributed by atoms with Crippen LogP contribution in [0.2, 0.25) is 0 Å². The molecule has 0 N–H and O–H groups in total. The number of hydrogen-bond donors (Lipinski definition) is 0. The maximum Gasteiger partial charge on any atom is 0.0467 e. The van der Waals surface area contributed by atoms with Crippen molar-refractivity contribution >= 4 is 6.72 Å². The van der Waals surface area contributed by atoms with Crippen LogP contribution in [0.15, 0.2) is 5.10 Å². The molecular weight excluding hydrogens is 124 g/mol. The molecule has 2 heteroatoms. The van der Waals surface area contributed by atoms with Gasteiger partial charge in [-0.15, -0.1) is 0 Å². The summed E-state index contributed by atoms with van der Waals surface area (Å²) in [4.78, 5) is 0. The van der Waals surface area contributed by atoms with Crippen molar-refractivity contribution in [2.24, 2.45) is 5.10 Å². The van der Waals surface area contributed by atoms with Crippen molar-refractivity contribution in [3.8, 4) is 0 Å². The predicted molar refractivity (Wildman–Crippen MR) is 44.2 cm³/mol. The third-order valence-corrected chi connectivity index (χ3v) is 2.33. The van der Waals surface area contributed by atoms with Crippen molar-refractivity contribution in [2.75, 3.05) is 7.05 Å². The Bertz CT molecular complexity index is 106. The Morgan fingerprint density at radius 1 is 1.30 bits per heavy atom. The third kappa shape index (κ3) is 1.72. The lowest BCUT2D eigenvalue weighted by atomic mass is 9.95. The fourth-order valence-corrected chi connectivity index (χ4v) is 1.57. The van der Waals surface area contributed by atoms with E-state index in [2.05, 4.69) is 11.8 Å². The SMILES string of the molecule is C=NN(C)C1CCCCC1. The van der Waals surface area contributed by atoms with Crippen molar-refractivity contribution < 1.29 is 0 Å². The normalized spacial score (nSPS) is 20.5. The summed E-state index contributed by atoms with van der Waals surface area (Å²) in [5.74, 6) is 0. The summed E-state index contributed by atoms with van der Waals surface area (Å²) in [6.07, 6.45) is 6.74. The standard InChI is InChI=1S/C8H16N2/c1-9-10(2)8-6-4-3-5-7-8/h8H,1,3-7H2,2H3. The number of rotatable bonds is 2. The summed E-state index contributed by atoms with van der Waals surface area (Å²) < 4.78 is 0. The van der Waals surface area contributed by atoms with Gasteiger partial charge in [0.2, 0.25) is 0 Å². The maximum atomic E-state index is 3.90. The van der Waals surface area contributed by atoms with Gasteiger partial charge in [-0.05, 0) is 12.8 Å². The van der Waals surface area contributed by atoms with Crippen LogP contribution in [0.4, 0.5) is 0 Å². The van der Waals surface area contributed by atoms with Crippen LogP contribution in [0.5, 0.6) is 0 Å². The Morgan fingerprint density at radius 2 is 1.90 bits per heavy atom. The fraction of sp³-hybridized carbons (Fsp3) is 0.875. The van der Waals surface area contributed by atoms with Crippen LogP contribution in [0, 0.1) is 0 Å². The Labute approximate surface area is 62.9 Å². The second-order valence-corrected chi connectivity index (χ2v) is 3.01. The predicted octanol–water partition coefficient (Wildman–Crippen LogP) is 1.87. The largest absolute Gasteiger partial charge is 0.298 e. The van der Waals surface area contributed by atoms with Crippen molar-refractivity contribution in [3.05, 3.63) is 0 Å². The first-order valence-corrected chi connectivity index (χ1v) is 4.04. The van der Waals surface area contributed by atoms with E-state index in [-0.39, 0.29) is 0 Å². The molecule has 0 heterocycles. The van der Waals surface area contributed by atoms with E-state index in [4.69, 9.17) is 0 Å². The number of hydrogen-bond acceptors (Lipinski definition) is 2. The molecule has 0 aromatic rings. The highest BCUT2D eigenvalue weighted by atomic mass is 15.4. The lowest BCUT2D eigenvalue weighted by Crippen LogP contribution is -2.28. The van der Waals surface area contributed by atoms with E-state index in [1.807, 2.05) is 12.1 Å². The molecule has 10 heavy (non-hydrogen) atoms. The molecule has 0 aromatic carbocycles. The molecule has 58 valence electrons. The summed E-state index contributed by atoms with van der Waals surface area (Å²) in [6.45, 7) is 3.51. The molecular formula is C8H16N2.